The lowest BCUT2D eigenvalue weighted by Gasteiger charge is -2.32. The highest BCUT2D eigenvalue weighted by Gasteiger charge is 2.15. The van der Waals surface area contributed by atoms with Gasteiger partial charge in [-0.15, -0.1) is 24.8 Å². The predicted octanol–water partition coefficient (Wildman–Crippen LogP) is 6.63. The van der Waals surface area contributed by atoms with E-state index < -0.39 is 0 Å². The SMILES string of the molecule is CCCCCCCCCCCC(C)N1CCCCC1.Cl.Cl. The molecule has 0 aromatic heterocycles. The molecule has 0 aliphatic carbocycles. The van der Waals surface area contributed by atoms with Crippen molar-refractivity contribution < 1.29 is 0 Å². The molecule has 0 aromatic rings. The van der Waals surface area contributed by atoms with Crippen LogP contribution in [0.25, 0.3) is 0 Å². The highest BCUT2D eigenvalue weighted by atomic mass is 35.5. The molecule has 1 unspecified atom stereocenters. The van der Waals surface area contributed by atoms with E-state index in [1.54, 1.807) is 0 Å². The van der Waals surface area contributed by atoms with E-state index in [-0.39, 0.29) is 24.8 Å². The van der Waals surface area contributed by atoms with Crippen LogP contribution in [0.1, 0.15) is 97.3 Å². The number of likely N-dealkylation sites (tertiary alicyclic amines) is 1. The first-order chi connectivity index (χ1) is 9.34. The van der Waals surface area contributed by atoms with Crippen molar-refractivity contribution in [2.75, 3.05) is 13.1 Å². The second-order valence-electron chi connectivity index (χ2n) is 6.56. The van der Waals surface area contributed by atoms with Crippen molar-refractivity contribution in [1.29, 1.82) is 0 Å². The fourth-order valence-electron chi connectivity index (χ4n) is 3.29. The molecular weight excluding hydrogens is 301 g/mol. The van der Waals surface area contributed by atoms with Gasteiger partial charge >= 0.3 is 0 Å². The normalized spacial score (nSPS) is 16.9. The van der Waals surface area contributed by atoms with Crippen LogP contribution in [0.2, 0.25) is 0 Å². The summed E-state index contributed by atoms with van der Waals surface area (Å²) in [6.45, 7) is 7.46. The second kappa shape index (κ2) is 16.9. The molecule has 3 heteroatoms. The van der Waals surface area contributed by atoms with Crippen molar-refractivity contribution >= 4 is 24.8 Å². The highest BCUT2D eigenvalue weighted by Crippen LogP contribution is 2.17. The summed E-state index contributed by atoms with van der Waals surface area (Å²) in [7, 11) is 0. The first-order valence-electron chi connectivity index (χ1n) is 9.08. The van der Waals surface area contributed by atoms with Crippen LogP contribution in [-0.2, 0) is 0 Å². The Balaban J connectivity index is 0. The van der Waals surface area contributed by atoms with Gasteiger partial charge in [0.2, 0.25) is 0 Å². The summed E-state index contributed by atoms with van der Waals surface area (Å²) in [4.78, 5) is 2.72. The summed E-state index contributed by atoms with van der Waals surface area (Å²) in [5.74, 6) is 0. The minimum Gasteiger partial charge on any atom is -0.301 e. The van der Waals surface area contributed by atoms with E-state index in [2.05, 4.69) is 18.7 Å². The summed E-state index contributed by atoms with van der Waals surface area (Å²) in [6, 6.07) is 0.838. The van der Waals surface area contributed by atoms with Crippen LogP contribution in [0, 0.1) is 0 Å². The van der Waals surface area contributed by atoms with Crippen molar-refractivity contribution in [3.05, 3.63) is 0 Å². The van der Waals surface area contributed by atoms with E-state index in [1.807, 2.05) is 0 Å². The van der Waals surface area contributed by atoms with Gasteiger partial charge in [0.1, 0.15) is 0 Å². The molecule has 0 radical (unpaired) electrons. The number of piperidine rings is 1. The highest BCUT2D eigenvalue weighted by molar-refractivity contribution is 5.85. The van der Waals surface area contributed by atoms with Crippen molar-refractivity contribution in [2.45, 2.75) is 103 Å². The number of unbranched alkanes of at least 4 members (excludes halogenated alkanes) is 8. The Labute approximate surface area is 146 Å². The van der Waals surface area contributed by atoms with Gasteiger partial charge in [0.25, 0.3) is 0 Å². The van der Waals surface area contributed by atoms with Crippen LogP contribution in [0.3, 0.4) is 0 Å². The fourth-order valence-corrected chi connectivity index (χ4v) is 3.29. The average Bonchev–Trinajstić information content (AvgIpc) is 2.46. The number of nitrogens with zero attached hydrogens (tertiary/aromatic N) is 1. The van der Waals surface area contributed by atoms with E-state index in [1.165, 1.54) is 96.6 Å². The van der Waals surface area contributed by atoms with Crippen molar-refractivity contribution in [1.82, 2.24) is 4.90 Å². The summed E-state index contributed by atoms with van der Waals surface area (Å²) in [5.41, 5.74) is 0. The van der Waals surface area contributed by atoms with Gasteiger partial charge < -0.3 is 4.90 Å². The third kappa shape index (κ3) is 12.7. The Morgan fingerprint density at radius 2 is 1.19 bits per heavy atom. The molecule has 1 rings (SSSR count). The Morgan fingerprint density at radius 3 is 1.71 bits per heavy atom. The van der Waals surface area contributed by atoms with Crippen molar-refractivity contribution in [3.63, 3.8) is 0 Å². The largest absolute Gasteiger partial charge is 0.301 e. The number of hydrogen-bond donors (Lipinski definition) is 0. The van der Waals surface area contributed by atoms with Crippen molar-refractivity contribution in [3.8, 4) is 0 Å². The van der Waals surface area contributed by atoms with Gasteiger partial charge in [0.05, 0.1) is 0 Å². The minimum absolute atomic E-state index is 0. The lowest BCUT2D eigenvalue weighted by atomic mass is 10.0. The zero-order valence-electron chi connectivity index (χ0n) is 14.4. The van der Waals surface area contributed by atoms with Crippen LogP contribution in [-0.4, -0.2) is 24.0 Å². The van der Waals surface area contributed by atoms with E-state index in [0.29, 0.717) is 0 Å². The van der Waals surface area contributed by atoms with Crippen LogP contribution >= 0.6 is 24.8 Å². The first kappa shape index (κ1) is 23.8. The Hall–Kier alpha value is 0.540. The lowest BCUT2D eigenvalue weighted by Crippen LogP contribution is -2.37. The van der Waals surface area contributed by atoms with Gasteiger partial charge in [-0.05, 0) is 39.3 Å². The lowest BCUT2D eigenvalue weighted by molar-refractivity contribution is 0.164. The third-order valence-electron chi connectivity index (χ3n) is 4.74. The molecule has 1 atom stereocenters. The minimum atomic E-state index is 0. The molecule has 0 spiro atoms. The third-order valence-corrected chi connectivity index (χ3v) is 4.74. The zero-order chi connectivity index (χ0) is 13.8. The van der Waals surface area contributed by atoms with Gasteiger partial charge in [-0.2, -0.15) is 0 Å². The monoisotopic (exact) mass is 339 g/mol. The molecule has 1 aliphatic heterocycles. The average molecular weight is 340 g/mol. The Kier molecular flexibility index (Phi) is 19.2. The molecule has 0 bridgehead atoms. The van der Waals surface area contributed by atoms with Gasteiger partial charge in [-0.1, -0.05) is 71.1 Å². The van der Waals surface area contributed by atoms with Crippen LogP contribution in [0.4, 0.5) is 0 Å². The predicted molar refractivity (Wildman–Crippen MR) is 101 cm³/mol. The van der Waals surface area contributed by atoms with E-state index >= 15 is 0 Å². The zero-order valence-corrected chi connectivity index (χ0v) is 16.1. The number of halogens is 2. The number of hydrogen-bond acceptors (Lipinski definition) is 1. The molecule has 0 N–H and O–H groups in total. The van der Waals surface area contributed by atoms with Crippen LogP contribution in [0.15, 0.2) is 0 Å². The molecule has 0 amide bonds. The smallest absolute Gasteiger partial charge is 0.00669 e. The molecule has 0 aromatic carbocycles. The molecule has 1 fully saturated rings. The van der Waals surface area contributed by atoms with Crippen molar-refractivity contribution in [2.24, 2.45) is 0 Å². The maximum atomic E-state index is 2.72. The fraction of sp³-hybridized carbons (Fsp3) is 1.00. The van der Waals surface area contributed by atoms with Crippen LogP contribution in [0.5, 0.6) is 0 Å². The maximum absolute atomic E-state index is 2.72. The molecule has 1 aliphatic rings. The molecule has 0 saturated carbocycles. The Morgan fingerprint density at radius 1 is 0.714 bits per heavy atom. The maximum Gasteiger partial charge on any atom is 0.00669 e. The summed E-state index contributed by atoms with van der Waals surface area (Å²) in [6.07, 6.45) is 18.8. The summed E-state index contributed by atoms with van der Waals surface area (Å²) < 4.78 is 0. The van der Waals surface area contributed by atoms with E-state index in [0.717, 1.165) is 6.04 Å². The van der Waals surface area contributed by atoms with E-state index in [9.17, 15) is 0 Å². The molecule has 1 nitrogen and oxygen atoms in total. The number of rotatable bonds is 11. The Bertz CT molecular complexity index is 194. The van der Waals surface area contributed by atoms with Crippen LogP contribution < -0.4 is 0 Å². The topological polar surface area (TPSA) is 3.24 Å². The van der Waals surface area contributed by atoms with E-state index in [4.69, 9.17) is 0 Å². The molecular formula is C18H39Cl2N. The van der Waals surface area contributed by atoms with Gasteiger partial charge in [-0.25, -0.2) is 0 Å². The van der Waals surface area contributed by atoms with Gasteiger partial charge in [-0.3, -0.25) is 0 Å². The van der Waals surface area contributed by atoms with Gasteiger partial charge in [0, 0.05) is 6.04 Å². The molecule has 130 valence electrons. The summed E-state index contributed by atoms with van der Waals surface area (Å²) in [5, 5.41) is 0. The first-order valence-corrected chi connectivity index (χ1v) is 9.08. The molecule has 1 saturated heterocycles. The molecule has 21 heavy (non-hydrogen) atoms. The standard InChI is InChI=1S/C18H37N.2ClH/c1-3-4-5-6-7-8-9-10-12-15-18(2)19-16-13-11-14-17-19;;/h18H,3-17H2,1-2H3;2*1H. The quantitative estimate of drug-likeness (QED) is 0.382. The summed E-state index contributed by atoms with van der Waals surface area (Å²) >= 11 is 0. The molecule has 1 heterocycles. The van der Waals surface area contributed by atoms with Gasteiger partial charge in [0.15, 0.2) is 0 Å². The second-order valence-corrected chi connectivity index (χ2v) is 6.56.